The Hall–Kier alpha value is -2.05. The molecule has 1 N–H and O–H groups in total. The maximum absolute atomic E-state index is 10.4. The predicted molar refractivity (Wildman–Crippen MR) is 102 cm³/mol. The Morgan fingerprint density at radius 3 is 2.69 bits per heavy atom. The number of ether oxygens (including phenoxy) is 1. The minimum absolute atomic E-state index is 0.190. The second kappa shape index (κ2) is 6.59. The maximum Gasteiger partial charge on any atom is 0.241 e. The van der Waals surface area contributed by atoms with E-state index in [2.05, 4.69) is 9.98 Å². The van der Waals surface area contributed by atoms with Crippen LogP contribution in [0.4, 0.5) is 5.69 Å². The van der Waals surface area contributed by atoms with Crippen molar-refractivity contribution in [1.82, 2.24) is 9.55 Å². The van der Waals surface area contributed by atoms with E-state index < -0.39 is 6.29 Å². The number of hydrogen-bond donors (Lipinski definition) is 1. The Labute approximate surface area is 164 Å². The van der Waals surface area contributed by atoms with Gasteiger partial charge in [0.15, 0.2) is 0 Å². The Morgan fingerprint density at radius 2 is 1.96 bits per heavy atom. The van der Waals surface area contributed by atoms with Crippen LogP contribution in [0.1, 0.15) is 23.1 Å². The second-order valence-corrected chi connectivity index (χ2v) is 6.94. The van der Waals surface area contributed by atoms with Gasteiger partial charge < -0.3 is 9.84 Å². The summed E-state index contributed by atoms with van der Waals surface area (Å²) in [6, 6.07) is 10.4. The first kappa shape index (κ1) is 17.4. The molecule has 2 aromatic heterocycles. The van der Waals surface area contributed by atoms with Gasteiger partial charge in [-0.1, -0.05) is 40.9 Å². The highest BCUT2D eigenvalue weighted by molar-refractivity contribution is 6.42. The molecule has 26 heavy (non-hydrogen) atoms. The van der Waals surface area contributed by atoms with Crippen LogP contribution >= 0.6 is 34.8 Å². The Bertz CT molecular complexity index is 1030. The van der Waals surface area contributed by atoms with Gasteiger partial charge in [-0.3, -0.25) is 4.57 Å². The molecular formula is C18H12Cl3N3O2. The third kappa shape index (κ3) is 2.87. The van der Waals surface area contributed by atoms with E-state index in [1.165, 1.54) is 0 Å². The first-order chi connectivity index (χ1) is 12.5. The fourth-order valence-electron chi connectivity index (χ4n) is 2.84. The van der Waals surface area contributed by atoms with Gasteiger partial charge >= 0.3 is 0 Å². The van der Waals surface area contributed by atoms with Gasteiger partial charge in [0.25, 0.3) is 0 Å². The molecule has 3 heterocycles. The summed E-state index contributed by atoms with van der Waals surface area (Å²) in [5.74, 6) is 0.744. The maximum atomic E-state index is 10.4. The van der Waals surface area contributed by atoms with Crippen molar-refractivity contribution in [2.45, 2.75) is 13.2 Å². The highest BCUT2D eigenvalue weighted by atomic mass is 35.5. The van der Waals surface area contributed by atoms with Crippen molar-refractivity contribution >= 4 is 46.4 Å². The molecule has 0 fully saturated rings. The van der Waals surface area contributed by atoms with E-state index in [0.29, 0.717) is 32.8 Å². The lowest BCUT2D eigenvalue weighted by Gasteiger charge is -2.24. The molecule has 0 amide bonds. The number of aryl methyl sites for hydroxylation is 1. The van der Waals surface area contributed by atoms with E-state index in [1.807, 2.05) is 13.0 Å². The summed E-state index contributed by atoms with van der Waals surface area (Å²) in [4.78, 5) is 8.86. The van der Waals surface area contributed by atoms with Gasteiger partial charge in [0.1, 0.15) is 16.7 Å². The summed E-state index contributed by atoms with van der Waals surface area (Å²) < 4.78 is 7.24. The number of halogens is 3. The molecule has 0 saturated heterocycles. The molecule has 0 spiro atoms. The number of aliphatic hydroxyl groups excluding tert-OH is 1. The van der Waals surface area contributed by atoms with Gasteiger partial charge in [0, 0.05) is 16.8 Å². The SMILES string of the molecule is Cc1cc(Cl)cc2c1N=C(c1cc(Cl)c(Cl)n1-c1ccccn1)OC2O. The quantitative estimate of drug-likeness (QED) is 0.631. The summed E-state index contributed by atoms with van der Waals surface area (Å²) in [5, 5.41) is 11.5. The lowest BCUT2D eigenvalue weighted by Crippen LogP contribution is -2.20. The van der Waals surface area contributed by atoms with Crippen molar-refractivity contribution in [3.8, 4) is 5.82 Å². The van der Waals surface area contributed by atoms with Crippen LogP contribution in [0.15, 0.2) is 47.6 Å². The summed E-state index contributed by atoms with van der Waals surface area (Å²) >= 11 is 18.6. The molecule has 0 radical (unpaired) electrons. The van der Waals surface area contributed by atoms with Crippen molar-refractivity contribution in [3.05, 3.63) is 74.6 Å². The average molecular weight is 409 g/mol. The van der Waals surface area contributed by atoms with Crippen LogP contribution in [-0.2, 0) is 4.74 Å². The number of benzene rings is 1. The van der Waals surface area contributed by atoms with E-state index in [9.17, 15) is 5.11 Å². The first-order valence-corrected chi connectivity index (χ1v) is 8.81. The van der Waals surface area contributed by atoms with E-state index in [0.717, 1.165) is 5.56 Å². The molecule has 1 unspecified atom stereocenters. The van der Waals surface area contributed by atoms with Gasteiger partial charge in [-0.25, -0.2) is 9.98 Å². The molecule has 1 atom stereocenters. The van der Waals surface area contributed by atoms with Crippen LogP contribution < -0.4 is 0 Å². The molecule has 1 aromatic carbocycles. The summed E-state index contributed by atoms with van der Waals surface area (Å²) in [5.41, 5.74) is 2.41. The number of aliphatic hydroxyl groups is 1. The van der Waals surface area contributed by atoms with Crippen LogP contribution in [0.5, 0.6) is 0 Å². The first-order valence-electron chi connectivity index (χ1n) is 7.67. The smallest absolute Gasteiger partial charge is 0.241 e. The summed E-state index contributed by atoms with van der Waals surface area (Å²) in [6.45, 7) is 1.86. The topological polar surface area (TPSA) is 59.6 Å². The van der Waals surface area contributed by atoms with Crippen LogP contribution in [0, 0.1) is 6.92 Å². The molecule has 4 rings (SSSR count). The normalized spacial score (nSPS) is 16.0. The number of hydrogen-bond acceptors (Lipinski definition) is 4. The predicted octanol–water partition coefficient (Wildman–Crippen LogP) is 5.24. The highest BCUT2D eigenvalue weighted by Gasteiger charge is 2.28. The molecule has 0 bridgehead atoms. The lowest BCUT2D eigenvalue weighted by atomic mass is 10.1. The van der Waals surface area contributed by atoms with Crippen molar-refractivity contribution in [2.75, 3.05) is 0 Å². The fourth-order valence-corrected chi connectivity index (χ4v) is 3.54. The van der Waals surface area contributed by atoms with Gasteiger partial charge in [0.05, 0.1) is 10.7 Å². The van der Waals surface area contributed by atoms with Crippen LogP contribution in [-0.4, -0.2) is 20.6 Å². The Kier molecular flexibility index (Phi) is 4.40. The lowest BCUT2D eigenvalue weighted by molar-refractivity contribution is -0.0319. The largest absolute Gasteiger partial charge is 0.442 e. The zero-order valence-corrected chi connectivity index (χ0v) is 15.7. The highest BCUT2D eigenvalue weighted by Crippen LogP contribution is 2.39. The zero-order valence-electron chi connectivity index (χ0n) is 13.4. The summed E-state index contributed by atoms with van der Waals surface area (Å²) in [7, 11) is 0. The van der Waals surface area contributed by atoms with E-state index in [-0.39, 0.29) is 11.1 Å². The van der Waals surface area contributed by atoms with Gasteiger partial charge in [-0.05, 0) is 42.8 Å². The minimum atomic E-state index is -1.21. The number of rotatable bonds is 2. The number of aliphatic imine (C=N–C) groups is 1. The average Bonchev–Trinajstić information content (AvgIpc) is 2.91. The summed E-state index contributed by atoms with van der Waals surface area (Å²) in [6.07, 6.45) is 0.433. The van der Waals surface area contributed by atoms with Gasteiger partial charge in [-0.2, -0.15) is 0 Å². The van der Waals surface area contributed by atoms with Crippen LogP contribution in [0.2, 0.25) is 15.2 Å². The molecule has 0 aliphatic carbocycles. The molecule has 5 nitrogen and oxygen atoms in total. The molecule has 1 aliphatic heterocycles. The van der Waals surface area contributed by atoms with Crippen LogP contribution in [0.3, 0.4) is 0 Å². The third-order valence-electron chi connectivity index (χ3n) is 3.99. The van der Waals surface area contributed by atoms with Gasteiger partial charge in [0.2, 0.25) is 12.2 Å². The second-order valence-electron chi connectivity index (χ2n) is 5.74. The van der Waals surface area contributed by atoms with Crippen LogP contribution in [0.25, 0.3) is 5.82 Å². The number of nitrogens with zero attached hydrogens (tertiary/aromatic N) is 3. The molecule has 0 saturated carbocycles. The van der Waals surface area contributed by atoms with E-state index >= 15 is 0 Å². The molecule has 3 aromatic rings. The minimum Gasteiger partial charge on any atom is -0.442 e. The van der Waals surface area contributed by atoms with Crippen molar-refractivity contribution in [1.29, 1.82) is 0 Å². The molecule has 132 valence electrons. The van der Waals surface area contributed by atoms with E-state index in [4.69, 9.17) is 39.5 Å². The third-order valence-corrected chi connectivity index (χ3v) is 4.97. The van der Waals surface area contributed by atoms with E-state index in [1.54, 1.807) is 41.1 Å². The molecule has 8 heteroatoms. The number of aromatic nitrogens is 2. The molecule has 1 aliphatic rings. The monoisotopic (exact) mass is 407 g/mol. The van der Waals surface area contributed by atoms with Crippen molar-refractivity contribution in [2.24, 2.45) is 4.99 Å². The zero-order chi connectivity index (χ0) is 18.4. The number of pyridine rings is 1. The standard InChI is InChI=1S/C18H12Cl3N3O2/c1-9-6-10(19)7-11-15(9)23-17(26-18(11)25)13-8-12(20)16(21)24(13)14-4-2-3-5-22-14/h2-8,18,25H,1H3. The van der Waals surface area contributed by atoms with Crippen molar-refractivity contribution in [3.63, 3.8) is 0 Å². The Morgan fingerprint density at radius 1 is 1.15 bits per heavy atom. The van der Waals surface area contributed by atoms with Crippen molar-refractivity contribution < 1.29 is 9.84 Å². The molecular weight excluding hydrogens is 397 g/mol. The van der Waals surface area contributed by atoms with Gasteiger partial charge in [-0.15, -0.1) is 0 Å². The Balaban J connectivity index is 1.92. The number of fused-ring (bicyclic) bond motifs is 1. The fraction of sp³-hybridized carbons (Fsp3) is 0.111.